The van der Waals surface area contributed by atoms with E-state index in [0.29, 0.717) is 17.8 Å². The number of anilines is 2. The first kappa shape index (κ1) is 13.9. The molecule has 0 bridgehead atoms. The van der Waals surface area contributed by atoms with Gasteiger partial charge in [0.05, 0.1) is 17.9 Å². The Bertz CT molecular complexity index is 607. The van der Waals surface area contributed by atoms with Gasteiger partial charge in [0.25, 0.3) is 5.91 Å². The molecule has 7 heteroatoms. The zero-order valence-electron chi connectivity index (χ0n) is 11.6. The van der Waals surface area contributed by atoms with E-state index in [4.69, 9.17) is 5.73 Å². The molecule has 20 heavy (non-hydrogen) atoms. The van der Waals surface area contributed by atoms with Crippen LogP contribution in [0.4, 0.5) is 11.4 Å². The normalized spacial score (nSPS) is 10.3. The minimum atomic E-state index is -0.158. The van der Waals surface area contributed by atoms with Crippen LogP contribution in [0, 0.1) is 0 Å². The van der Waals surface area contributed by atoms with Gasteiger partial charge in [-0.25, -0.2) is 0 Å². The zero-order chi connectivity index (χ0) is 14.5. The molecule has 0 aliphatic carbocycles. The monoisotopic (exact) mass is 274 g/mol. The van der Waals surface area contributed by atoms with Crippen molar-refractivity contribution < 1.29 is 4.79 Å². The highest BCUT2D eigenvalue weighted by molar-refractivity contribution is 5.95. The number of carbonyl (C=O) groups excluding carboxylic acids is 1. The molecule has 2 rings (SSSR count). The lowest BCUT2D eigenvalue weighted by molar-refractivity contribution is 0.0963. The largest absolute Gasteiger partial charge is 0.397 e. The summed E-state index contributed by atoms with van der Waals surface area (Å²) in [7, 11) is 1.59. The zero-order valence-corrected chi connectivity index (χ0v) is 11.6. The van der Waals surface area contributed by atoms with Crippen LogP contribution in [0.3, 0.4) is 0 Å². The van der Waals surface area contributed by atoms with Crippen LogP contribution in [-0.2, 0) is 13.1 Å². The maximum Gasteiger partial charge on any atom is 0.251 e. The van der Waals surface area contributed by atoms with Gasteiger partial charge in [-0.15, -0.1) is 10.2 Å². The number of nitrogens with one attached hydrogen (secondary N) is 2. The highest BCUT2D eigenvalue weighted by Crippen LogP contribution is 2.20. The summed E-state index contributed by atoms with van der Waals surface area (Å²) < 4.78 is 1.95. The third-order valence-electron chi connectivity index (χ3n) is 3.01. The van der Waals surface area contributed by atoms with E-state index in [2.05, 4.69) is 20.8 Å². The van der Waals surface area contributed by atoms with Gasteiger partial charge < -0.3 is 20.9 Å². The Morgan fingerprint density at radius 2 is 2.25 bits per heavy atom. The van der Waals surface area contributed by atoms with Gasteiger partial charge in [-0.2, -0.15) is 0 Å². The Morgan fingerprint density at radius 3 is 2.90 bits per heavy atom. The molecule has 2 aromatic rings. The van der Waals surface area contributed by atoms with E-state index in [-0.39, 0.29) is 5.91 Å². The van der Waals surface area contributed by atoms with E-state index in [1.54, 1.807) is 31.6 Å². The van der Waals surface area contributed by atoms with E-state index < -0.39 is 0 Å². The lowest BCUT2D eigenvalue weighted by Gasteiger charge is -2.10. The molecule has 1 amide bonds. The minimum Gasteiger partial charge on any atom is -0.397 e. The van der Waals surface area contributed by atoms with E-state index >= 15 is 0 Å². The molecule has 0 aliphatic rings. The fourth-order valence-corrected chi connectivity index (χ4v) is 1.86. The summed E-state index contributed by atoms with van der Waals surface area (Å²) in [6.07, 6.45) is 1.69. The van der Waals surface area contributed by atoms with Gasteiger partial charge >= 0.3 is 0 Å². The molecule has 0 spiro atoms. The Balaban J connectivity index is 2.09. The fourth-order valence-electron chi connectivity index (χ4n) is 1.86. The molecule has 0 atom stereocenters. The maximum absolute atomic E-state index is 11.5. The van der Waals surface area contributed by atoms with Crippen LogP contribution in [0.15, 0.2) is 24.5 Å². The van der Waals surface area contributed by atoms with Crippen molar-refractivity contribution in [2.24, 2.45) is 0 Å². The van der Waals surface area contributed by atoms with Gasteiger partial charge in [0.1, 0.15) is 6.33 Å². The Labute approximate surface area is 117 Å². The van der Waals surface area contributed by atoms with Crippen molar-refractivity contribution in [1.82, 2.24) is 20.1 Å². The molecule has 106 valence electrons. The number of hydrogen-bond donors (Lipinski definition) is 3. The average molecular weight is 274 g/mol. The van der Waals surface area contributed by atoms with Crippen molar-refractivity contribution >= 4 is 17.3 Å². The van der Waals surface area contributed by atoms with Gasteiger partial charge in [-0.05, 0) is 25.1 Å². The summed E-state index contributed by atoms with van der Waals surface area (Å²) >= 11 is 0. The number of hydrogen-bond acceptors (Lipinski definition) is 5. The second kappa shape index (κ2) is 6.05. The second-order valence-electron chi connectivity index (χ2n) is 4.27. The number of aryl methyl sites for hydroxylation is 1. The molecule has 1 heterocycles. The molecule has 0 saturated heterocycles. The highest BCUT2D eigenvalue weighted by atomic mass is 16.1. The Morgan fingerprint density at radius 1 is 1.45 bits per heavy atom. The first-order valence-electron chi connectivity index (χ1n) is 6.37. The van der Waals surface area contributed by atoms with E-state index in [1.165, 1.54) is 0 Å². The van der Waals surface area contributed by atoms with E-state index in [1.807, 2.05) is 11.5 Å². The number of aromatic nitrogens is 3. The van der Waals surface area contributed by atoms with Crippen molar-refractivity contribution in [3.05, 3.63) is 35.9 Å². The van der Waals surface area contributed by atoms with Crippen LogP contribution in [0.2, 0.25) is 0 Å². The summed E-state index contributed by atoms with van der Waals surface area (Å²) in [5.41, 5.74) is 7.76. The number of rotatable bonds is 5. The highest BCUT2D eigenvalue weighted by Gasteiger charge is 2.07. The molecule has 1 aromatic heterocycles. The molecule has 0 unspecified atom stereocenters. The van der Waals surface area contributed by atoms with Crippen LogP contribution in [-0.4, -0.2) is 27.7 Å². The first-order chi connectivity index (χ1) is 9.65. The standard InChI is InChI=1S/C13H18N6O/c1-3-19-8-17-18-12(19)7-16-11-5-4-9(6-10(11)14)13(20)15-2/h4-6,8,16H,3,7,14H2,1-2H3,(H,15,20). The van der Waals surface area contributed by atoms with Crippen LogP contribution in [0.25, 0.3) is 0 Å². The third-order valence-corrected chi connectivity index (χ3v) is 3.01. The SMILES string of the molecule is CCn1cnnc1CNc1ccc(C(=O)NC)cc1N. The van der Waals surface area contributed by atoms with Crippen LogP contribution in [0.5, 0.6) is 0 Å². The summed E-state index contributed by atoms with van der Waals surface area (Å²) in [4.78, 5) is 11.5. The van der Waals surface area contributed by atoms with Gasteiger partial charge in [-0.1, -0.05) is 0 Å². The quantitative estimate of drug-likeness (QED) is 0.702. The number of nitrogens with two attached hydrogens (primary N) is 1. The number of benzene rings is 1. The fraction of sp³-hybridized carbons (Fsp3) is 0.308. The lowest BCUT2D eigenvalue weighted by Crippen LogP contribution is -2.18. The van der Waals surface area contributed by atoms with Crippen LogP contribution >= 0.6 is 0 Å². The molecule has 4 N–H and O–H groups in total. The molecular weight excluding hydrogens is 256 g/mol. The molecule has 0 radical (unpaired) electrons. The van der Waals surface area contributed by atoms with Gasteiger partial charge in [0.15, 0.2) is 5.82 Å². The predicted molar refractivity (Wildman–Crippen MR) is 77.3 cm³/mol. The smallest absolute Gasteiger partial charge is 0.251 e. The van der Waals surface area contributed by atoms with Crippen molar-refractivity contribution in [3.8, 4) is 0 Å². The molecular formula is C13H18N6O. The van der Waals surface area contributed by atoms with Gasteiger partial charge in [0, 0.05) is 19.2 Å². The third kappa shape index (κ3) is 2.87. The van der Waals surface area contributed by atoms with Crippen molar-refractivity contribution in [1.29, 1.82) is 0 Å². The molecule has 7 nitrogen and oxygen atoms in total. The molecule has 0 saturated carbocycles. The van der Waals surface area contributed by atoms with Crippen molar-refractivity contribution in [2.45, 2.75) is 20.0 Å². The van der Waals surface area contributed by atoms with Gasteiger partial charge in [0.2, 0.25) is 0 Å². The maximum atomic E-state index is 11.5. The van der Waals surface area contributed by atoms with Crippen LogP contribution < -0.4 is 16.4 Å². The Hall–Kier alpha value is -2.57. The minimum absolute atomic E-state index is 0.158. The first-order valence-corrected chi connectivity index (χ1v) is 6.37. The van der Waals surface area contributed by atoms with Crippen molar-refractivity contribution in [3.63, 3.8) is 0 Å². The summed E-state index contributed by atoms with van der Waals surface area (Å²) in [6, 6.07) is 5.15. The number of nitrogen functional groups attached to an aromatic ring is 1. The van der Waals surface area contributed by atoms with E-state index in [0.717, 1.165) is 18.1 Å². The molecule has 1 aromatic carbocycles. The number of carbonyl (C=O) groups is 1. The second-order valence-corrected chi connectivity index (χ2v) is 4.27. The Kier molecular flexibility index (Phi) is 4.19. The lowest BCUT2D eigenvalue weighted by atomic mass is 10.1. The van der Waals surface area contributed by atoms with Crippen molar-refractivity contribution in [2.75, 3.05) is 18.1 Å². The van der Waals surface area contributed by atoms with Crippen LogP contribution in [0.1, 0.15) is 23.1 Å². The molecule has 0 aliphatic heterocycles. The topological polar surface area (TPSA) is 97.9 Å². The summed E-state index contributed by atoms with van der Waals surface area (Å²) in [5, 5.41) is 13.7. The predicted octanol–water partition coefficient (Wildman–Crippen LogP) is 0.852. The summed E-state index contributed by atoms with van der Waals surface area (Å²) in [5.74, 6) is 0.677. The van der Waals surface area contributed by atoms with E-state index in [9.17, 15) is 4.79 Å². The number of amides is 1. The summed E-state index contributed by atoms with van der Waals surface area (Å²) in [6.45, 7) is 3.37. The average Bonchev–Trinajstić information content (AvgIpc) is 2.92. The molecule has 0 fully saturated rings. The number of nitrogens with zero attached hydrogens (tertiary/aromatic N) is 3. The van der Waals surface area contributed by atoms with Gasteiger partial charge in [-0.3, -0.25) is 4.79 Å².